The number of allylic oxidation sites excluding steroid dienone is 2. The van der Waals surface area contributed by atoms with E-state index in [1.54, 1.807) is 60.8 Å². The number of thioether (sulfide) groups is 1. The molecule has 0 aliphatic carbocycles. The highest BCUT2D eigenvalue weighted by Crippen LogP contribution is 2.27. The number of hydrogen-bond donors (Lipinski definition) is 5. The first-order valence-corrected chi connectivity index (χ1v) is 32.4. The molecule has 0 bridgehead atoms. The Hall–Kier alpha value is -5.78. The first-order valence-electron chi connectivity index (χ1n) is 31.1. The summed E-state index contributed by atoms with van der Waals surface area (Å²) in [6.45, 7) is 29.9. The Morgan fingerprint density at radius 2 is 0.851 bits per heavy atom. The van der Waals surface area contributed by atoms with E-state index in [0.29, 0.717) is 6.42 Å². The number of amides is 11. The summed E-state index contributed by atoms with van der Waals surface area (Å²) in [6.07, 6.45) is 4.61. The SMILES string of the molecule is C/C=C/C[C@@H](C)[C@@H](O)[C@H]1C(=O)N[C@@H](CC)C(=O)N(C)[C@H](SC)C(=O)N(C)[C@@H](CC(C)C)C(=O)N[C@@H](C(C)C)C(=O)N(C)[C@@H](CC(C)C)C(=O)N[C@@H](C)C(=O)N[C@H](C)C(=O)N(C)[C@@H](CC(C)C)C(=O)N(C)[C@@H](CC(C)C)C(=O)N(C)[C@@H](C(C)C)C(=O)N1C. The molecule has 23 nitrogen and oxygen atoms in total. The van der Waals surface area contributed by atoms with Crippen LogP contribution in [0.25, 0.3) is 0 Å². The van der Waals surface area contributed by atoms with Crippen molar-refractivity contribution < 1.29 is 57.8 Å². The summed E-state index contributed by atoms with van der Waals surface area (Å²) < 4.78 is 0. The summed E-state index contributed by atoms with van der Waals surface area (Å²) >= 11 is 1.02. The average Bonchev–Trinajstić information content (AvgIpc) is 1.23. The Labute approximate surface area is 525 Å². The molecule has 87 heavy (non-hydrogen) atoms. The van der Waals surface area contributed by atoms with Gasteiger partial charge in [0.1, 0.15) is 60.4 Å². The number of rotatable bonds is 16. The molecule has 1 rings (SSSR count). The Morgan fingerprint density at radius 1 is 0.448 bits per heavy atom. The third kappa shape index (κ3) is 21.8. The molecule has 24 heteroatoms. The van der Waals surface area contributed by atoms with Crippen LogP contribution >= 0.6 is 11.8 Å². The monoisotopic (exact) mass is 1250 g/mol. The quantitative estimate of drug-likeness (QED) is 0.137. The van der Waals surface area contributed by atoms with Gasteiger partial charge in [-0.3, -0.25) is 52.7 Å². The first-order chi connectivity index (χ1) is 40.2. The Balaban J connectivity index is 4.41. The maximum Gasteiger partial charge on any atom is 0.256 e. The fraction of sp³-hybridized carbons (Fsp3) is 0.794. The van der Waals surface area contributed by atoms with Crippen molar-refractivity contribution in [2.24, 2.45) is 41.4 Å². The van der Waals surface area contributed by atoms with Gasteiger partial charge in [-0.05, 0) is 107 Å². The minimum absolute atomic E-state index is 0.0101. The van der Waals surface area contributed by atoms with Gasteiger partial charge in [-0.2, -0.15) is 0 Å². The van der Waals surface area contributed by atoms with Crippen LogP contribution in [0.2, 0.25) is 0 Å². The van der Waals surface area contributed by atoms with Crippen LogP contribution in [-0.4, -0.2) is 232 Å². The van der Waals surface area contributed by atoms with Crippen molar-refractivity contribution >= 4 is 76.7 Å². The molecule has 0 aromatic rings. The van der Waals surface area contributed by atoms with E-state index >= 15 is 9.59 Å². The highest BCUT2D eigenvalue weighted by Gasteiger charge is 2.46. The fourth-order valence-electron chi connectivity index (χ4n) is 11.0. The standard InChI is InChI=1S/C63H113N11O12S/c1-26-28-29-40(15)51(75)50-55(79)66-43(27-2)57(81)74(24)63(87-25)62(86)69(19)45(31-35(5)6)54(78)67-48(38(11)12)60(84)68(18)44(30-34(3)4)53(77)64-41(16)52(76)65-42(17)56(80)70(20)46(32-36(7)8)58(82)71(21)47(33-37(9)10)59(83)72(22)49(39(13)14)61(85)73(50)23/h26,28,34-51,63,75H,27,29-33H2,1-25H3,(H,64,77)(H,65,76)(H,66,79)(H,67,78)/b28-26+/t40-,41+,42-,43+,44+,45+,46+,47+,48+,49+,50+,51-,63-/m1/s1. The number of aliphatic hydroxyl groups excluding tert-OH is 1. The summed E-state index contributed by atoms with van der Waals surface area (Å²) in [7, 11) is 9.97. The Bertz CT molecular complexity index is 2390. The number of likely N-dealkylation sites (N-methyl/N-ethyl adjacent to an activating group) is 7. The summed E-state index contributed by atoms with van der Waals surface area (Å²) in [5, 5.41) is 22.0. The van der Waals surface area contributed by atoms with Crippen molar-refractivity contribution in [2.45, 2.75) is 228 Å². The molecule has 11 amide bonds. The molecule has 5 N–H and O–H groups in total. The lowest BCUT2D eigenvalue weighted by Gasteiger charge is -2.41. The minimum Gasteiger partial charge on any atom is -0.390 e. The number of nitrogens with zero attached hydrogens (tertiary/aromatic N) is 7. The van der Waals surface area contributed by atoms with E-state index in [1.807, 2.05) is 61.5 Å². The zero-order valence-corrected chi connectivity index (χ0v) is 58.2. The lowest BCUT2D eigenvalue weighted by Crippen LogP contribution is -2.64. The molecular weight excluding hydrogens is 1130 g/mol. The van der Waals surface area contributed by atoms with Crippen molar-refractivity contribution in [3.8, 4) is 0 Å². The van der Waals surface area contributed by atoms with Crippen LogP contribution in [0.1, 0.15) is 156 Å². The highest BCUT2D eigenvalue weighted by molar-refractivity contribution is 7.99. The van der Waals surface area contributed by atoms with Crippen molar-refractivity contribution in [1.29, 1.82) is 0 Å². The van der Waals surface area contributed by atoms with E-state index < -0.39 is 155 Å². The molecule has 13 atom stereocenters. The number of carbonyl (C=O) groups excluding carboxylic acids is 11. The van der Waals surface area contributed by atoms with Crippen molar-refractivity contribution in [1.82, 2.24) is 55.6 Å². The fourth-order valence-corrected chi connectivity index (χ4v) is 11.8. The van der Waals surface area contributed by atoms with Crippen LogP contribution in [0.15, 0.2) is 12.2 Å². The lowest BCUT2D eigenvalue weighted by molar-refractivity contribution is -0.157. The normalized spacial score (nSPS) is 27.4. The summed E-state index contributed by atoms with van der Waals surface area (Å²) in [5.74, 6) is -9.78. The van der Waals surface area contributed by atoms with Crippen LogP contribution in [0.3, 0.4) is 0 Å². The predicted molar refractivity (Wildman–Crippen MR) is 341 cm³/mol. The molecule has 1 saturated heterocycles. The number of nitrogens with one attached hydrogen (secondary N) is 4. The van der Waals surface area contributed by atoms with Crippen molar-refractivity contribution in [3.05, 3.63) is 12.2 Å². The summed E-state index contributed by atoms with van der Waals surface area (Å²) in [6, 6.07) is -12.4. The molecule has 0 spiro atoms. The average molecular weight is 1250 g/mol. The van der Waals surface area contributed by atoms with Crippen LogP contribution in [-0.2, 0) is 52.7 Å². The van der Waals surface area contributed by atoms with Crippen LogP contribution in [0, 0.1) is 41.4 Å². The van der Waals surface area contributed by atoms with Crippen molar-refractivity contribution in [2.75, 3.05) is 55.6 Å². The molecule has 1 aliphatic heterocycles. The maximum atomic E-state index is 15.2. The summed E-state index contributed by atoms with van der Waals surface area (Å²) in [5.41, 5.74) is 0. The van der Waals surface area contributed by atoms with E-state index in [9.17, 15) is 48.3 Å². The maximum absolute atomic E-state index is 15.2. The number of aliphatic hydroxyl groups is 1. The molecule has 0 aromatic heterocycles. The smallest absolute Gasteiger partial charge is 0.256 e. The van der Waals surface area contributed by atoms with Gasteiger partial charge in [-0.25, -0.2) is 0 Å². The molecule has 0 radical (unpaired) electrons. The van der Waals surface area contributed by atoms with Gasteiger partial charge in [-0.1, -0.05) is 109 Å². The van der Waals surface area contributed by atoms with E-state index in [0.717, 1.165) is 16.7 Å². The second-order valence-corrected chi connectivity index (χ2v) is 27.3. The molecule has 0 saturated carbocycles. The van der Waals surface area contributed by atoms with E-state index in [1.165, 1.54) is 92.6 Å². The van der Waals surface area contributed by atoms with Crippen LogP contribution in [0.4, 0.5) is 0 Å². The second-order valence-electron chi connectivity index (χ2n) is 26.4. The van der Waals surface area contributed by atoms with Gasteiger partial charge >= 0.3 is 0 Å². The van der Waals surface area contributed by atoms with Crippen LogP contribution in [0.5, 0.6) is 0 Å². The van der Waals surface area contributed by atoms with Gasteiger partial charge < -0.3 is 60.7 Å². The molecule has 1 heterocycles. The van der Waals surface area contributed by atoms with Gasteiger partial charge in [-0.15, -0.1) is 11.8 Å². The topological polar surface area (TPSA) is 279 Å². The molecule has 0 unspecified atom stereocenters. The van der Waals surface area contributed by atoms with Gasteiger partial charge in [0.05, 0.1) is 6.10 Å². The highest BCUT2D eigenvalue weighted by atomic mass is 32.2. The second kappa shape index (κ2) is 36.0. The summed E-state index contributed by atoms with van der Waals surface area (Å²) in [4.78, 5) is 170. The molecule has 0 aromatic carbocycles. The van der Waals surface area contributed by atoms with Gasteiger partial charge in [0, 0.05) is 49.3 Å². The Morgan fingerprint density at radius 3 is 1.28 bits per heavy atom. The largest absolute Gasteiger partial charge is 0.390 e. The zero-order chi connectivity index (χ0) is 67.6. The molecule has 1 aliphatic rings. The lowest BCUT2D eigenvalue weighted by atomic mass is 9.91. The van der Waals surface area contributed by atoms with E-state index in [4.69, 9.17) is 0 Å². The number of carbonyl (C=O) groups is 11. The third-order valence-electron chi connectivity index (χ3n) is 16.4. The van der Waals surface area contributed by atoms with Crippen LogP contribution < -0.4 is 21.3 Å². The van der Waals surface area contributed by atoms with E-state index in [-0.39, 0.29) is 55.8 Å². The minimum atomic E-state index is -1.62. The molecular formula is C63H113N11O12S. The van der Waals surface area contributed by atoms with Crippen molar-refractivity contribution in [3.63, 3.8) is 0 Å². The van der Waals surface area contributed by atoms with Gasteiger partial charge in [0.15, 0.2) is 5.37 Å². The molecule has 1 fully saturated rings. The van der Waals surface area contributed by atoms with Gasteiger partial charge in [0.2, 0.25) is 59.1 Å². The predicted octanol–water partition coefficient (Wildman–Crippen LogP) is 3.96. The van der Waals surface area contributed by atoms with E-state index in [2.05, 4.69) is 21.3 Å². The zero-order valence-electron chi connectivity index (χ0n) is 57.3. The number of hydrogen-bond acceptors (Lipinski definition) is 13. The van der Waals surface area contributed by atoms with Gasteiger partial charge in [0.25, 0.3) is 5.91 Å². The third-order valence-corrected chi connectivity index (χ3v) is 17.4. The Kier molecular flexibility index (Phi) is 32.8. The molecule has 498 valence electrons. The first kappa shape index (κ1) is 79.2.